The summed E-state index contributed by atoms with van der Waals surface area (Å²) >= 11 is 0. The van der Waals surface area contributed by atoms with Crippen LogP contribution in [-0.4, -0.2) is 61.2 Å². The van der Waals surface area contributed by atoms with Gasteiger partial charge in [0.25, 0.3) is 0 Å². The molecule has 1 aliphatic heterocycles. The normalized spacial score (nSPS) is 21.4. The number of benzene rings is 3. The number of nitrogens with zero attached hydrogens (tertiary/aromatic N) is 1. The highest BCUT2D eigenvalue weighted by atomic mass is 16.7. The number of ether oxygens (including phenoxy) is 4. The molecule has 3 aromatic rings. The lowest BCUT2D eigenvalue weighted by molar-refractivity contribution is -0.222. The minimum Gasteiger partial charge on any atom is -0.459 e. The van der Waals surface area contributed by atoms with Crippen LogP contribution >= 0.6 is 0 Å². The van der Waals surface area contributed by atoms with Gasteiger partial charge < -0.3 is 18.9 Å². The van der Waals surface area contributed by atoms with Crippen LogP contribution < -0.4 is 5.06 Å². The zero-order chi connectivity index (χ0) is 25.5. The molecule has 0 radical (unpaired) electrons. The van der Waals surface area contributed by atoms with E-state index in [0.29, 0.717) is 11.3 Å². The van der Waals surface area contributed by atoms with Gasteiger partial charge in [-0.25, -0.2) is 14.7 Å². The topological polar surface area (TPSA) is 112 Å². The van der Waals surface area contributed by atoms with E-state index in [4.69, 9.17) is 18.9 Å². The summed E-state index contributed by atoms with van der Waals surface area (Å²) < 4.78 is 22.1. The van der Waals surface area contributed by atoms with Crippen LogP contribution in [0.25, 0.3) is 0 Å². The molecule has 186 valence electrons. The van der Waals surface area contributed by atoms with E-state index in [1.807, 2.05) is 0 Å². The van der Waals surface area contributed by atoms with Gasteiger partial charge in [0.05, 0.1) is 16.8 Å². The number of hydrogen-bond donors (Lipinski definition) is 1. The van der Waals surface area contributed by atoms with Gasteiger partial charge in [-0.05, 0) is 36.4 Å². The van der Waals surface area contributed by atoms with E-state index in [1.54, 1.807) is 91.0 Å². The lowest BCUT2D eigenvalue weighted by Crippen LogP contribution is -2.63. The monoisotopic (exact) mass is 491 g/mol. The molecule has 0 unspecified atom stereocenters. The zero-order valence-electron chi connectivity index (χ0n) is 19.4. The SMILES string of the molecule is CO[C@H]1O[C@@H](COC(=O)c2ccccc2)C(=O)[C@@H](OC(=O)c2ccccc2)[C@H]1N(O)c1ccccc1. The summed E-state index contributed by atoms with van der Waals surface area (Å²) in [4.78, 5) is 38.7. The van der Waals surface area contributed by atoms with Gasteiger partial charge in [-0.15, -0.1) is 0 Å². The summed E-state index contributed by atoms with van der Waals surface area (Å²) in [5, 5.41) is 11.8. The Kier molecular flexibility index (Phi) is 8.06. The van der Waals surface area contributed by atoms with Gasteiger partial charge in [-0.1, -0.05) is 54.6 Å². The fourth-order valence-electron chi connectivity index (χ4n) is 3.81. The summed E-state index contributed by atoms with van der Waals surface area (Å²) in [5.41, 5.74) is 0.857. The fraction of sp³-hybridized carbons (Fsp3) is 0.222. The molecule has 0 aliphatic carbocycles. The Labute approximate surface area is 207 Å². The Hall–Kier alpha value is -4.05. The van der Waals surface area contributed by atoms with Crippen molar-refractivity contribution in [3.63, 3.8) is 0 Å². The number of hydroxylamine groups is 1. The molecule has 0 amide bonds. The summed E-state index contributed by atoms with van der Waals surface area (Å²) in [5.74, 6) is -2.10. The predicted molar refractivity (Wildman–Crippen MR) is 128 cm³/mol. The molecule has 1 fully saturated rings. The highest BCUT2D eigenvalue weighted by Crippen LogP contribution is 2.29. The van der Waals surface area contributed by atoms with Gasteiger partial charge in [0.15, 0.2) is 24.5 Å². The number of hydrogen-bond acceptors (Lipinski definition) is 9. The Bertz CT molecular complexity index is 1170. The molecule has 0 aromatic heterocycles. The van der Waals surface area contributed by atoms with Crippen LogP contribution in [0.4, 0.5) is 5.69 Å². The third-order valence-corrected chi connectivity index (χ3v) is 5.64. The van der Waals surface area contributed by atoms with E-state index in [2.05, 4.69) is 0 Å². The van der Waals surface area contributed by atoms with Crippen LogP contribution in [0.15, 0.2) is 91.0 Å². The van der Waals surface area contributed by atoms with Crippen LogP contribution in [0.1, 0.15) is 20.7 Å². The first-order valence-electron chi connectivity index (χ1n) is 11.2. The van der Waals surface area contributed by atoms with E-state index in [1.165, 1.54) is 7.11 Å². The minimum absolute atomic E-state index is 0.223. The maximum atomic E-state index is 13.5. The number of methoxy groups -OCH3 is 1. The largest absolute Gasteiger partial charge is 0.459 e. The number of ketones is 1. The molecule has 9 heteroatoms. The smallest absolute Gasteiger partial charge is 0.338 e. The second-order valence-corrected chi connectivity index (χ2v) is 7.96. The van der Waals surface area contributed by atoms with Crippen molar-refractivity contribution >= 4 is 23.4 Å². The van der Waals surface area contributed by atoms with Gasteiger partial charge in [0, 0.05) is 7.11 Å². The molecule has 4 atom stereocenters. The molecule has 4 rings (SSSR count). The molecule has 0 bridgehead atoms. The number of rotatable bonds is 8. The number of carbonyl (C=O) groups is 3. The molecule has 1 saturated heterocycles. The Morgan fingerprint density at radius 3 is 1.94 bits per heavy atom. The third kappa shape index (κ3) is 5.60. The van der Waals surface area contributed by atoms with Crippen LogP contribution in [0.5, 0.6) is 0 Å². The molecular formula is C27H25NO8. The molecule has 1 heterocycles. The second-order valence-electron chi connectivity index (χ2n) is 7.96. The Morgan fingerprint density at radius 1 is 0.861 bits per heavy atom. The minimum atomic E-state index is -1.50. The summed E-state index contributed by atoms with van der Waals surface area (Å²) in [6.07, 6.45) is -4.00. The average Bonchev–Trinajstić information content (AvgIpc) is 2.94. The van der Waals surface area contributed by atoms with Crippen molar-refractivity contribution < 1.29 is 38.5 Å². The van der Waals surface area contributed by atoms with Gasteiger partial charge in [-0.2, -0.15) is 0 Å². The molecule has 1 aliphatic rings. The molecule has 3 aromatic carbocycles. The van der Waals surface area contributed by atoms with E-state index < -0.39 is 48.9 Å². The Morgan fingerprint density at radius 2 is 1.39 bits per heavy atom. The first-order chi connectivity index (χ1) is 17.5. The van der Waals surface area contributed by atoms with Crippen LogP contribution in [0.3, 0.4) is 0 Å². The second kappa shape index (κ2) is 11.6. The highest BCUT2D eigenvalue weighted by molar-refractivity contribution is 5.95. The van der Waals surface area contributed by atoms with Crippen molar-refractivity contribution in [3.8, 4) is 0 Å². The lowest BCUT2D eigenvalue weighted by atomic mass is 9.97. The maximum Gasteiger partial charge on any atom is 0.338 e. The fourth-order valence-corrected chi connectivity index (χ4v) is 3.81. The number of carbonyl (C=O) groups excluding carboxylic acids is 3. The lowest BCUT2D eigenvalue weighted by Gasteiger charge is -2.42. The first-order valence-corrected chi connectivity index (χ1v) is 11.2. The molecule has 1 N–H and O–H groups in total. The summed E-state index contributed by atoms with van der Waals surface area (Å²) in [6.45, 7) is -0.435. The quantitative estimate of drug-likeness (QED) is 0.375. The van der Waals surface area contributed by atoms with Crippen LogP contribution in [0.2, 0.25) is 0 Å². The number of Topliss-reactive ketones (excluding diaryl/α,β-unsaturated/α-hetero) is 1. The maximum absolute atomic E-state index is 13.5. The molecular weight excluding hydrogens is 466 g/mol. The zero-order valence-corrected chi connectivity index (χ0v) is 19.4. The third-order valence-electron chi connectivity index (χ3n) is 5.64. The van der Waals surface area contributed by atoms with Crippen molar-refractivity contribution in [2.45, 2.75) is 24.5 Å². The van der Waals surface area contributed by atoms with E-state index in [9.17, 15) is 19.6 Å². The molecule has 36 heavy (non-hydrogen) atoms. The van der Waals surface area contributed by atoms with Crippen molar-refractivity contribution in [2.24, 2.45) is 0 Å². The van der Waals surface area contributed by atoms with Crippen molar-refractivity contribution in [1.82, 2.24) is 0 Å². The molecule has 9 nitrogen and oxygen atoms in total. The van der Waals surface area contributed by atoms with Crippen LogP contribution in [-0.2, 0) is 23.7 Å². The molecule has 0 spiro atoms. The number of esters is 2. The van der Waals surface area contributed by atoms with Crippen LogP contribution in [0, 0.1) is 0 Å². The van der Waals surface area contributed by atoms with Crippen molar-refractivity contribution in [3.05, 3.63) is 102 Å². The van der Waals surface area contributed by atoms with Gasteiger partial charge in [0.1, 0.15) is 6.61 Å². The number of para-hydroxylation sites is 1. The Balaban J connectivity index is 1.59. The highest BCUT2D eigenvalue weighted by Gasteiger charge is 2.51. The van der Waals surface area contributed by atoms with Gasteiger partial charge >= 0.3 is 11.9 Å². The standard InChI is InChI=1S/C27H25NO8/c1-33-27-22(28(32)20-15-9-4-10-16-20)24(36-26(31)19-13-7-3-8-14-19)23(29)21(35-27)17-34-25(30)18-11-5-2-6-12-18/h2-16,21-22,24,27,32H,17H2,1H3/t21-,22+,24-,27-/m0/s1. The summed E-state index contributed by atoms with van der Waals surface area (Å²) in [6, 6.07) is 23.6. The summed E-state index contributed by atoms with van der Waals surface area (Å²) in [7, 11) is 1.33. The van der Waals surface area contributed by atoms with E-state index in [-0.39, 0.29) is 5.56 Å². The number of anilines is 1. The van der Waals surface area contributed by atoms with E-state index >= 15 is 0 Å². The van der Waals surface area contributed by atoms with Gasteiger partial charge in [-0.3, -0.25) is 10.0 Å². The van der Waals surface area contributed by atoms with E-state index in [0.717, 1.165) is 5.06 Å². The first kappa shape index (κ1) is 25.1. The van der Waals surface area contributed by atoms with Crippen molar-refractivity contribution in [1.29, 1.82) is 0 Å². The van der Waals surface area contributed by atoms with Crippen molar-refractivity contribution in [2.75, 3.05) is 18.8 Å². The molecule has 0 saturated carbocycles. The average molecular weight is 491 g/mol. The predicted octanol–water partition coefficient (Wildman–Crippen LogP) is 3.27. The van der Waals surface area contributed by atoms with Gasteiger partial charge in [0.2, 0.25) is 5.78 Å².